The van der Waals surface area contributed by atoms with Crippen molar-refractivity contribution in [1.29, 1.82) is 0 Å². The van der Waals surface area contributed by atoms with Crippen molar-refractivity contribution in [3.05, 3.63) is 0 Å². The van der Waals surface area contributed by atoms with Crippen LogP contribution in [0.1, 0.15) is 143 Å². The Balaban J connectivity index is 2.31. The molecule has 2 heteroatoms. The highest BCUT2D eigenvalue weighted by atomic mass is 16.5. The van der Waals surface area contributed by atoms with Crippen LogP contribution in [-0.4, -0.2) is 37.2 Å². The second-order valence-electron chi connectivity index (χ2n) is 10.7. The first-order chi connectivity index (χ1) is 16.2. The standard InChI is InChI=1S/C31H59NO/c1-5-9-13-16-21-30(20-15-11-7-3)28-32-25-23-31(24-26-32)33-27-17-22-29(18-12-8-4)19-14-10-6-2/h29-31H,5-16,18-21,23-28H2,1-4H3. The topological polar surface area (TPSA) is 12.5 Å². The van der Waals surface area contributed by atoms with Crippen LogP contribution in [0, 0.1) is 23.7 Å². The van der Waals surface area contributed by atoms with Gasteiger partial charge in [0.15, 0.2) is 0 Å². The molecule has 194 valence electrons. The Labute approximate surface area is 209 Å². The molecule has 0 spiro atoms. The molecule has 1 aliphatic heterocycles. The molecule has 0 aromatic rings. The van der Waals surface area contributed by atoms with Gasteiger partial charge in [-0.3, -0.25) is 0 Å². The van der Waals surface area contributed by atoms with Crippen LogP contribution in [0.5, 0.6) is 0 Å². The lowest BCUT2D eigenvalue weighted by atomic mass is 9.93. The molecule has 0 aliphatic carbocycles. The normalized spacial score (nSPS) is 17.0. The Morgan fingerprint density at radius 1 is 0.697 bits per heavy atom. The third-order valence-corrected chi connectivity index (χ3v) is 7.49. The van der Waals surface area contributed by atoms with Crippen LogP contribution in [-0.2, 0) is 4.74 Å². The van der Waals surface area contributed by atoms with E-state index in [1.54, 1.807) is 0 Å². The molecule has 0 bridgehead atoms. The van der Waals surface area contributed by atoms with Crippen molar-refractivity contribution >= 4 is 0 Å². The Morgan fingerprint density at radius 2 is 1.24 bits per heavy atom. The molecule has 1 rings (SSSR count). The summed E-state index contributed by atoms with van der Waals surface area (Å²) in [7, 11) is 0. The molecule has 1 aliphatic rings. The second kappa shape index (κ2) is 22.0. The van der Waals surface area contributed by atoms with Gasteiger partial charge in [0.05, 0.1) is 6.10 Å². The van der Waals surface area contributed by atoms with Crippen LogP contribution in [0.25, 0.3) is 0 Å². The molecule has 0 aromatic heterocycles. The highest BCUT2D eigenvalue weighted by Crippen LogP contribution is 2.22. The summed E-state index contributed by atoms with van der Waals surface area (Å²) >= 11 is 0. The lowest BCUT2D eigenvalue weighted by molar-refractivity contribution is 0.0199. The van der Waals surface area contributed by atoms with Gasteiger partial charge in [0.2, 0.25) is 0 Å². The average molecular weight is 462 g/mol. The summed E-state index contributed by atoms with van der Waals surface area (Å²) in [4.78, 5) is 2.73. The van der Waals surface area contributed by atoms with Gasteiger partial charge >= 0.3 is 0 Å². The number of piperidine rings is 1. The van der Waals surface area contributed by atoms with E-state index in [0.29, 0.717) is 18.6 Å². The van der Waals surface area contributed by atoms with E-state index in [9.17, 15) is 0 Å². The Bertz CT molecular complexity index is 471. The van der Waals surface area contributed by atoms with Gasteiger partial charge in [-0.1, -0.05) is 117 Å². The van der Waals surface area contributed by atoms with E-state index in [1.807, 2.05) is 0 Å². The highest BCUT2D eigenvalue weighted by Gasteiger charge is 2.22. The molecule has 33 heavy (non-hydrogen) atoms. The van der Waals surface area contributed by atoms with E-state index in [0.717, 1.165) is 5.92 Å². The summed E-state index contributed by atoms with van der Waals surface area (Å²) in [5.41, 5.74) is 0. The summed E-state index contributed by atoms with van der Waals surface area (Å²) in [5.74, 6) is 8.44. The van der Waals surface area contributed by atoms with E-state index in [4.69, 9.17) is 4.74 Å². The van der Waals surface area contributed by atoms with Gasteiger partial charge in [-0.05, 0) is 44.4 Å². The number of hydrogen-bond acceptors (Lipinski definition) is 2. The highest BCUT2D eigenvalue weighted by molar-refractivity contribution is 5.04. The summed E-state index contributed by atoms with van der Waals surface area (Å²) in [6.07, 6.45) is 24.6. The van der Waals surface area contributed by atoms with Crippen molar-refractivity contribution in [3.63, 3.8) is 0 Å². The average Bonchev–Trinajstić information content (AvgIpc) is 2.83. The minimum Gasteiger partial charge on any atom is -0.365 e. The summed E-state index contributed by atoms with van der Waals surface area (Å²) < 4.78 is 6.19. The Hall–Kier alpha value is -0.520. The van der Waals surface area contributed by atoms with Gasteiger partial charge in [0, 0.05) is 25.6 Å². The molecule has 2 atom stereocenters. The number of ether oxygens (including phenoxy) is 1. The fourth-order valence-corrected chi connectivity index (χ4v) is 5.22. The molecule has 1 saturated heterocycles. The quantitative estimate of drug-likeness (QED) is 0.132. The first-order valence-corrected chi connectivity index (χ1v) is 15.1. The molecular formula is C31H59NO. The zero-order valence-electron chi connectivity index (χ0n) is 23.1. The van der Waals surface area contributed by atoms with Gasteiger partial charge in [0.1, 0.15) is 6.61 Å². The van der Waals surface area contributed by atoms with E-state index in [1.165, 1.54) is 135 Å². The minimum atomic E-state index is 0.424. The van der Waals surface area contributed by atoms with E-state index in [2.05, 4.69) is 44.4 Å². The molecule has 2 nitrogen and oxygen atoms in total. The summed E-state index contributed by atoms with van der Waals surface area (Å²) in [6.45, 7) is 13.6. The second-order valence-corrected chi connectivity index (χ2v) is 10.7. The smallest absolute Gasteiger partial charge is 0.108 e. The lowest BCUT2D eigenvalue weighted by Crippen LogP contribution is -2.39. The Morgan fingerprint density at radius 3 is 1.88 bits per heavy atom. The first-order valence-electron chi connectivity index (χ1n) is 15.1. The van der Waals surface area contributed by atoms with Crippen LogP contribution >= 0.6 is 0 Å². The van der Waals surface area contributed by atoms with Gasteiger partial charge in [-0.25, -0.2) is 0 Å². The fraction of sp³-hybridized carbons (Fsp3) is 0.935. The van der Waals surface area contributed by atoms with Crippen LogP contribution in [0.2, 0.25) is 0 Å². The predicted molar refractivity (Wildman–Crippen MR) is 147 cm³/mol. The molecule has 0 N–H and O–H groups in total. The molecular weight excluding hydrogens is 402 g/mol. The maximum absolute atomic E-state index is 6.19. The molecule has 0 amide bonds. The summed E-state index contributed by atoms with van der Waals surface area (Å²) in [6, 6.07) is 0. The number of unbranched alkanes of at least 4 members (excludes halogenated alkanes) is 8. The van der Waals surface area contributed by atoms with E-state index < -0.39 is 0 Å². The molecule has 2 unspecified atom stereocenters. The number of rotatable bonds is 20. The van der Waals surface area contributed by atoms with Crippen LogP contribution in [0.4, 0.5) is 0 Å². The first kappa shape index (κ1) is 30.5. The Kier molecular flexibility index (Phi) is 20.3. The van der Waals surface area contributed by atoms with Crippen molar-refractivity contribution in [2.45, 2.75) is 149 Å². The van der Waals surface area contributed by atoms with Gasteiger partial charge in [0.25, 0.3) is 0 Å². The van der Waals surface area contributed by atoms with Gasteiger partial charge in [-0.15, -0.1) is 0 Å². The molecule has 0 radical (unpaired) electrons. The fourth-order valence-electron chi connectivity index (χ4n) is 5.22. The number of likely N-dealkylation sites (tertiary alicyclic amines) is 1. The molecule has 1 fully saturated rings. The van der Waals surface area contributed by atoms with Crippen LogP contribution in [0.3, 0.4) is 0 Å². The minimum absolute atomic E-state index is 0.424. The zero-order chi connectivity index (χ0) is 24.0. The largest absolute Gasteiger partial charge is 0.365 e. The van der Waals surface area contributed by atoms with Crippen LogP contribution < -0.4 is 0 Å². The molecule has 0 aromatic carbocycles. The maximum Gasteiger partial charge on any atom is 0.108 e. The van der Waals surface area contributed by atoms with Crippen LogP contribution in [0.15, 0.2) is 0 Å². The number of hydrogen-bond donors (Lipinski definition) is 0. The third kappa shape index (κ3) is 16.7. The monoisotopic (exact) mass is 461 g/mol. The SMILES string of the molecule is CCCCCCC(CCCCC)CN1CCC(OCC#CC(CCCC)CCCCC)CC1. The van der Waals surface area contributed by atoms with Gasteiger partial charge < -0.3 is 9.64 Å². The lowest BCUT2D eigenvalue weighted by Gasteiger charge is -2.34. The number of nitrogens with zero attached hydrogens (tertiary/aromatic N) is 1. The van der Waals surface area contributed by atoms with Crippen molar-refractivity contribution in [1.82, 2.24) is 4.90 Å². The van der Waals surface area contributed by atoms with Gasteiger partial charge in [-0.2, -0.15) is 0 Å². The van der Waals surface area contributed by atoms with Crippen molar-refractivity contribution in [2.24, 2.45) is 11.8 Å². The van der Waals surface area contributed by atoms with Crippen molar-refractivity contribution in [3.8, 4) is 11.8 Å². The zero-order valence-corrected chi connectivity index (χ0v) is 23.1. The maximum atomic E-state index is 6.19. The molecule has 0 saturated carbocycles. The van der Waals surface area contributed by atoms with E-state index in [-0.39, 0.29) is 0 Å². The third-order valence-electron chi connectivity index (χ3n) is 7.49. The van der Waals surface area contributed by atoms with E-state index >= 15 is 0 Å². The predicted octanol–water partition coefficient (Wildman–Crippen LogP) is 9.02. The summed E-state index contributed by atoms with van der Waals surface area (Å²) in [5, 5.41) is 0. The van der Waals surface area contributed by atoms with Crippen molar-refractivity contribution < 1.29 is 4.74 Å². The molecule has 1 heterocycles. The van der Waals surface area contributed by atoms with Crippen molar-refractivity contribution in [2.75, 3.05) is 26.2 Å².